The molecule has 0 atom stereocenters. The van der Waals surface area contributed by atoms with Gasteiger partial charge >= 0.3 is 0 Å². The first-order valence-electron chi connectivity index (χ1n) is 7.32. The highest BCUT2D eigenvalue weighted by molar-refractivity contribution is 7.92. The minimum Gasteiger partial charge on any atom is -0.758 e. The van der Waals surface area contributed by atoms with Crippen molar-refractivity contribution in [2.24, 2.45) is 0 Å². The van der Waals surface area contributed by atoms with E-state index < -0.39 is 14.9 Å². The van der Waals surface area contributed by atoms with Crippen molar-refractivity contribution in [3.8, 4) is 0 Å². The van der Waals surface area contributed by atoms with E-state index in [1.165, 1.54) is 36.4 Å². The fraction of sp³-hybridized carbons (Fsp3) is 0.125. The van der Waals surface area contributed by atoms with Gasteiger partial charge in [0.1, 0.15) is 0 Å². The third-order valence-electron chi connectivity index (χ3n) is 3.77. The van der Waals surface area contributed by atoms with Crippen molar-refractivity contribution in [2.45, 2.75) is 11.8 Å². The summed E-state index contributed by atoms with van der Waals surface area (Å²) in [5.74, 6) is 0. The number of rotatable bonds is 4. The van der Waals surface area contributed by atoms with Gasteiger partial charge in [0.2, 0.25) is 0 Å². The van der Waals surface area contributed by atoms with Crippen LogP contribution in [0.15, 0.2) is 47.4 Å². The fourth-order valence-corrected chi connectivity index (χ4v) is 3.62. The molecule has 0 saturated carbocycles. The first kappa shape index (κ1) is 16.9. The molecule has 1 aliphatic heterocycles. The summed E-state index contributed by atoms with van der Waals surface area (Å²) in [4.78, 5) is 10.6. The van der Waals surface area contributed by atoms with E-state index in [0.29, 0.717) is 5.06 Å². The van der Waals surface area contributed by atoms with Gasteiger partial charge in [0.15, 0.2) is 0 Å². The summed E-state index contributed by atoms with van der Waals surface area (Å²) in [6, 6.07) is 8.61. The average molecular weight is 360 g/mol. The predicted octanol–water partition coefficient (Wildman–Crippen LogP) is 3.04. The molecule has 3 rings (SSSR count). The first-order valence-corrected chi connectivity index (χ1v) is 8.80. The molecule has 1 N–H and O–H groups in total. The zero-order valence-corrected chi connectivity index (χ0v) is 14.0. The number of nitrogens with zero attached hydrogens (tertiary/aromatic N) is 2. The van der Waals surface area contributed by atoms with Crippen LogP contribution in [-0.4, -0.2) is 19.9 Å². The van der Waals surface area contributed by atoms with Gasteiger partial charge in [0.25, 0.3) is 15.7 Å². The molecule has 2 aromatic carbocycles. The van der Waals surface area contributed by atoms with Gasteiger partial charge in [-0.15, -0.1) is 0 Å². The molecule has 0 aliphatic carbocycles. The molecule has 0 fully saturated rings. The average Bonchev–Trinajstić information content (AvgIpc) is 2.55. The van der Waals surface area contributed by atoms with Crippen LogP contribution in [-0.2, 0) is 10.0 Å². The van der Waals surface area contributed by atoms with Crippen LogP contribution in [0.1, 0.15) is 11.1 Å². The number of aryl methyl sites for hydroxylation is 1. The van der Waals surface area contributed by atoms with Gasteiger partial charge < -0.3 is 10.3 Å². The Morgan fingerprint density at radius 1 is 1.16 bits per heavy atom. The van der Waals surface area contributed by atoms with Gasteiger partial charge in [0.05, 0.1) is 26.8 Å². The van der Waals surface area contributed by atoms with Crippen molar-refractivity contribution in [1.82, 2.24) is 0 Å². The van der Waals surface area contributed by atoms with E-state index in [2.05, 4.69) is 4.72 Å². The van der Waals surface area contributed by atoms with Gasteiger partial charge in [-0.05, 0) is 31.2 Å². The quantitative estimate of drug-likeness (QED) is 0.662. The minimum absolute atomic E-state index is 0.000486. The maximum absolute atomic E-state index is 12.5. The van der Waals surface area contributed by atoms with E-state index >= 15 is 0 Å². The highest BCUT2D eigenvalue weighted by atomic mass is 32.2. The predicted molar refractivity (Wildman–Crippen MR) is 94.8 cm³/mol. The molecule has 8 nitrogen and oxygen atoms in total. The normalized spacial score (nSPS) is 13.4. The molecule has 0 radical (unpaired) electrons. The van der Waals surface area contributed by atoms with Crippen LogP contribution < -0.4 is 9.79 Å². The number of benzene rings is 2. The zero-order chi connectivity index (χ0) is 18.2. The van der Waals surface area contributed by atoms with Gasteiger partial charge in [-0.2, -0.15) is 0 Å². The van der Waals surface area contributed by atoms with E-state index in [4.69, 9.17) is 0 Å². The number of nitro groups is 1. The molecule has 9 heteroatoms. The molecule has 130 valence electrons. The number of nitrogens with one attached hydrogen (secondary N) is 1. The van der Waals surface area contributed by atoms with Crippen LogP contribution in [0.3, 0.4) is 0 Å². The highest BCUT2D eigenvalue weighted by Crippen LogP contribution is 2.40. The number of sulfonamides is 1. The number of hydrogen-bond acceptors (Lipinski definition) is 6. The maximum Gasteiger partial charge on any atom is 0.278 e. The summed E-state index contributed by atoms with van der Waals surface area (Å²) in [7, 11) is -3.93. The van der Waals surface area contributed by atoms with Crippen LogP contribution in [0, 0.1) is 22.2 Å². The third-order valence-corrected chi connectivity index (χ3v) is 5.15. The van der Waals surface area contributed by atoms with Gasteiger partial charge in [-0.25, -0.2) is 8.42 Å². The zero-order valence-electron chi connectivity index (χ0n) is 13.2. The smallest absolute Gasteiger partial charge is 0.278 e. The number of anilines is 2. The third kappa shape index (κ3) is 3.19. The van der Waals surface area contributed by atoms with Crippen molar-refractivity contribution >= 4 is 33.2 Å². The van der Waals surface area contributed by atoms with Crippen LogP contribution in [0.25, 0.3) is 6.08 Å². The molecule has 0 unspecified atom stereocenters. The lowest BCUT2D eigenvalue weighted by atomic mass is 10.1. The molecule has 1 aliphatic rings. The van der Waals surface area contributed by atoms with Crippen molar-refractivity contribution in [3.63, 3.8) is 0 Å². The summed E-state index contributed by atoms with van der Waals surface area (Å²) in [6.07, 6.45) is 2.94. The Morgan fingerprint density at radius 2 is 1.84 bits per heavy atom. The van der Waals surface area contributed by atoms with Crippen molar-refractivity contribution in [3.05, 3.63) is 68.9 Å². The Labute approximate surface area is 144 Å². The van der Waals surface area contributed by atoms with Gasteiger partial charge in [0, 0.05) is 12.6 Å². The lowest BCUT2D eigenvalue weighted by Gasteiger charge is -2.35. The van der Waals surface area contributed by atoms with Gasteiger partial charge in [-0.1, -0.05) is 23.8 Å². The number of hydroxylamine groups is 1. The summed E-state index contributed by atoms with van der Waals surface area (Å²) in [6.45, 7) is 1.81. The molecule has 0 spiro atoms. The van der Waals surface area contributed by atoms with Crippen LogP contribution in [0.4, 0.5) is 17.1 Å². The fourth-order valence-electron chi connectivity index (χ4n) is 2.55. The molecule has 0 saturated heterocycles. The SMILES string of the molecule is Cc1ccc(S(=O)(=O)Nc2ccc([N+](=O)[O-])c3c2N([O-])CC=C3)cc1. The van der Waals surface area contributed by atoms with Crippen LogP contribution in [0.2, 0.25) is 0 Å². The van der Waals surface area contributed by atoms with E-state index in [0.717, 1.165) is 5.56 Å². The summed E-state index contributed by atoms with van der Waals surface area (Å²) in [5, 5.41) is 23.8. The summed E-state index contributed by atoms with van der Waals surface area (Å²) < 4.78 is 27.4. The Kier molecular flexibility index (Phi) is 4.19. The Hall–Kier alpha value is -2.91. The molecule has 2 aromatic rings. The number of hydrogen-bond donors (Lipinski definition) is 1. The standard InChI is InChI=1S/C16H14N3O5S/c1-11-4-6-12(7-5-11)25(23,24)17-14-8-9-15(19(21)22)13-3-2-10-18(20)16(13)14/h2-9,17H,10H2,1H3/q-1. The van der Waals surface area contributed by atoms with Crippen LogP contribution >= 0.6 is 0 Å². The monoisotopic (exact) mass is 360 g/mol. The topological polar surface area (TPSA) is 116 Å². The Bertz CT molecular complexity index is 968. The second-order valence-corrected chi connectivity index (χ2v) is 7.22. The minimum atomic E-state index is -3.93. The largest absolute Gasteiger partial charge is 0.758 e. The summed E-state index contributed by atoms with van der Waals surface area (Å²) in [5.41, 5.74) is 0.663. The maximum atomic E-state index is 12.5. The first-order chi connectivity index (χ1) is 11.8. The van der Waals surface area contributed by atoms with Gasteiger partial charge in [-0.3, -0.25) is 14.8 Å². The Balaban J connectivity index is 2.08. The van der Waals surface area contributed by atoms with Crippen molar-refractivity contribution < 1.29 is 13.3 Å². The highest BCUT2D eigenvalue weighted by Gasteiger charge is 2.24. The molecule has 0 bridgehead atoms. The molecule has 25 heavy (non-hydrogen) atoms. The van der Waals surface area contributed by atoms with Crippen molar-refractivity contribution in [1.29, 1.82) is 0 Å². The molecule has 1 heterocycles. The van der Waals surface area contributed by atoms with E-state index in [1.54, 1.807) is 12.1 Å². The number of nitro benzene ring substituents is 1. The van der Waals surface area contributed by atoms with E-state index in [-0.39, 0.29) is 34.1 Å². The second kappa shape index (κ2) is 6.19. The second-order valence-electron chi connectivity index (χ2n) is 5.53. The lowest BCUT2D eigenvalue weighted by Crippen LogP contribution is -2.22. The van der Waals surface area contributed by atoms with E-state index in [9.17, 15) is 23.7 Å². The molecular formula is C16H14N3O5S-. The molecular weight excluding hydrogens is 346 g/mol. The lowest BCUT2D eigenvalue weighted by molar-refractivity contribution is -0.385. The van der Waals surface area contributed by atoms with Crippen LogP contribution in [0.5, 0.6) is 0 Å². The number of fused-ring (bicyclic) bond motifs is 1. The summed E-state index contributed by atoms with van der Waals surface area (Å²) >= 11 is 0. The van der Waals surface area contributed by atoms with Crippen molar-refractivity contribution in [2.75, 3.05) is 16.3 Å². The Morgan fingerprint density at radius 3 is 2.48 bits per heavy atom. The molecule has 0 aromatic heterocycles. The molecule has 0 amide bonds. The van der Waals surface area contributed by atoms with E-state index in [1.807, 2.05) is 6.92 Å².